The van der Waals surface area contributed by atoms with Crippen LogP contribution in [-0.4, -0.2) is 63.8 Å². The monoisotopic (exact) mass is 530 g/mol. The average molecular weight is 531 g/mol. The topological polar surface area (TPSA) is 76.4 Å². The van der Waals surface area contributed by atoms with Gasteiger partial charge in [0.15, 0.2) is 5.65 Å². The lowest BCUT2D eigenvalue weighted by Gasteiger charge is -2.24. The van der Waals surface area contributed by atoms with Gasteiger partial charge in [-0.3, -0.25) is 4.79 Å². The number of methoxy groups -OCH3 is 1. The minimum atomic E-state index is -0.294. The Morgan fingerprint density at radius 1 is 1.03 bits per heavy atom. The maximum absolute atomic E-state index is 13.7. The standard InChI is InChI=1S/C30H35FN6O2/c1-5-7-20(2)27-32-28(26-21(3)34-37(29(26)33-27)24-12-10-23(31)11-13-24)35-16-6-17-36(19-18-35)30(38)22-8-14-25(39-4)15-9-22/h8-15,20H,5-7,16-19H2,1-4H3/t20-/m0/s1. The molecule has 0 unspecified atom stereocenters. The van der Waals surface area contributed by atoms with Gasteiger partial charge in [-0.25, -0.2) is 19.0 Å². The Balaban J connectivity index is 1.50. The molecule has 0 saturated carbocycles. The van der Waals surface area contributed by atoms with Gasteiger partial charge < -0.3 is 14.5 Å². The summed E-state index contributed by atoms with van der Waals surface area (Å²) in [6, 6.07) is 13.6. The van der Waals surface area contributed by atoms with E-state index >= 15 is 0 Å². The average Bonchev–Trinajstić information content (AvgIpc) is 3.12. The van der Waals surface area contributed by atoms with E-state index in [4.69, 9.17) is 19.8 Å². The number of benzene rings is 2. The lowest BCUT2D eigenvalue weighted by atomic mass is 10.1. The minimum absolute atomic E-state index is 0.0184. The molecule has 204 valence electrons. The smallest absolute Gasteiger partial charge is 0.253 e. The van der Waals surface area contributed by atoms with Crippen molar-refractivity contribution in [3.05, 3.63) is 71.4 Å². The summed E-state index contributed by atoms with van der Waals surface area (Å²) in [4.78, 5) is 27.5. The number of hydrogen-bond acceptors (Lipinski definition) is 6. The molecule has 1 fully saturated rings. The molecule has 0 N–H and O–H groups in total. The van der Waals surface area contributed by atoms with Crippen LogP contribution in [0.1, 0.15) is 60.9 Å². The van der Waals surface area contributed by atoms with E-state index in [1.807, 2.05) is 36.1 Å². The highest BCUT2D eigenvalue weighted by molar-refractivity contribution is 5.94. The van der Waals surface area contributed by atoms with Gasteiger partial charge >= 0.3 is 0 Å². The second kappa shape index (κ2) is 11.4. The fourth-order valence-electron chi connectivity index (χ4n) is 5.20. The SMILES string of the molecule is CCC[C@H](C)c1nc(N2CCCN(C(=O)c3ccc(OC)cc3)CC2)c2c(C)nn(-c3ccc(F)cc3)c2n1. The van der Waals surface area contributed by atoms with Gasteiger partial charge in [0.05, 0.1) is 23.9 Å². The zero-order chi connectivity index (χ0) is 27.5. The summed E-state index contributed by atoms with van der Waals surface area (Å²) >= 11 is 0. The van der Waals surface area contributed by atoms with Crippen molar-refractivity contribution >= 4 is 22.8 Å². The Morgan fingerprint density at radius 2 is 1.77 bits per heavy atom. The first kappa shape index (κ1) is 26.6. The third-order valence-electron chi connectivity index (χ3n) is 7.35. The van der Waals surface area contributed by atoms with E-state index in [9.17, 15) is 9.18 Å². The molecule has 2 aromatic heterocycles. The minimum Gasteiger partial charge on any atom is -0.497 e. The molecule has 8 nitrogen and oxygen atoms in total. The molecule has 3 heterocycles. The number of rotatable bonds is 7. The number of carbonyl (C=O) groups is 1. The van der Waals surface area contributed by atoms with Gasteiger partial charge in [0.2, 0.25) is 0 Å². The van der Waals surface area contributed by atoms with E-state index in [-0.39, 0.29) is 17.6 Å². The van der Waals surface area contributed by atoms with Gasteiger partial charge in [-0.15, -0.1) is 0 Å². The van der Waals surface area contributed by atoms with E-state index in [2.05, 4.69) is 18.7 Å². The third-order valence-corrected chi connectivity index (χ3v) is 7.35. The van der Waals surface area contributed by atoms with E-state index in [0.29, 0.717) is 25.2 Å². The first-order chi connectivity index (χ1) is 18.9. The van der Waals surface area contributed by atoms with Crippen LogP contribution in [0.2, 0.25) is 0 Å². The van der Waals surface area contributed by atoms with E-state index < -0.39 is 0 Å². The van der Waals surface area contributed by atoms with Crippen LogP contribution in [0.5, 0.6) is 5.75 Å². The number of nitrogens with zero attached hydrogens (tertiary/aromatic N) is 6. The van der Waals surface area contributed by atoms with Crippen LogP contribution in [0.3, 0.4) is 0 Å². The molecular weight excluding hydrogens is 495 g/mol. The van der Waals surface area contributed by atoms with Crippen LogP contribution in [0, 0.1) is 12.7 Å². The Morgan fingerprint density at radius 3 is 2.46 bits per heavy atom. The molecule has 1 amide bonds. The van der Waals surface area contributed by atoms with Crippen LogP contribution < -0.4 is 9.64 Å². The van der Waals surface area contributed by atoms with Gasteiger partial charge in [0, 0.05) is 37.7 Å². The molecule has 9 heteroatoms. The quantitative estimate of drug-likeness (QED) is 0.313. The van der Waals surface area contributed by atoms with Crippen LogP contribution in [0.4, 0.5) is 10.2 Å². The molecule has 0 radical (unpaired) electrons. The highest BCUT2D eigenvalue weighted by Crippen LogP contribution is 2.32. The number of fused-ring (bicyclic) bond motifs is 1. The first-order valence-corrected chi connectivity index (χ1v) is 13.6. The Labute approximate surface area is 228 Å². The van der Waals surface area contributed by atoms with E-state index in [1.54, 1.807) is 23.9 Å². The number of carbonyl (C=O) groups excluding carboxylic acids is 1. The molecule has 5 rings (SSSR count). The molecule has 1 saturated heterocycles. The fraction of sp³-hybridized carbons (Fsp3) is 0.400. The van der Waals surface area contributed by atoms with Crippen molar-refractivity contribution in [2.45, 2.75) is 46.0 Å². The Hall–Kier alpha value is -4.01. The second-order valence-electron chi connectivity index (χ2n) is 10.1. The zero-order valence-electron chi connectivity index (χ0n) is 23.0. The number of halogens is 1. The number of amides is 1. The summed E-state index contributed by atoms with van der Waals surface area (Å²) < 4.78 is 20.7. The molecule has 2 aromatic carbocycles. The van der Waals surface area contributed by atoms with Crippen molar-refractivity contribution in [3.63, 3.8) is 0 Å². The van der Waals surface area contributed by atoms with E-state index in [1.165, 1.54) is 12.1 Å². The van der Waals surface area contributed by atoms with Crippen molar-refractivity contribution < 1.29 is 13.9 Å². The highest BCUT2D eigenvalue weighted by atomic mass is 19.1. The van der Waals surface area contributed by atoms with Gasteiger partial charge in [0.1, 0.15) is 23.2 Å². The van der Waals surface area contributed by atoms with Crippen molar-refractivity contribution in [3.8, 4) is 11.4 Å². The molecule has 0 spiro atoms. The zero-order valence-corrected chi connectivity index (χ0v) is 23.0. The molecule has 1 aliphatic rings. The summed E-state index contributed by atoms with van der Waals surface area (Å²) in [7, 11) is 1.61. The molecule has 39 heavy (non-hydrogen) atoms. The molecule has 4 aromatic rings. The highest BCUT2D eigenvalue weighted by Gasteiger charge is 2.26. The number of hydrogen-bond donors (Lipinski definition) is 0. The normalized spacial score (nSPS) is 14.9. The van der Waals surface area contributed by atoms with Crippen LogP contribution >= 0.6 is 0 Å². The van der Waals surface area contributed by atoms with Gasteiger partial charge in [-0.2, -0.15) is 5.10 Å². The number of anilines is 1. The number of aryl methyl sites for hydroxylation is 1. The third kappa shape index (κ3) is 5.44. The van der Waals surface area contributed by atoms with Crippen molar-refractivity contribution in [2.75, 3.05) is 38.2 Å². The van der Waals surface area contributed by atoms with Crippen LogP contribution in [0.15, 0.2) is 48.5 Å². The maximum Gasteiger partial charge on any atom is 0.253 e. The van der Waals surface area contributed by atoms with Crippen LogP contribution in [-0.2, 0) is 0 Å². The Kier molecular flexibility index (Phi) is 7.77. The van der Waals surface area contributed by atoms with Crippen LogP contribution in [0.25, 0.3) is 16.7 Å². The van der Waals surface area contributed by atoms with Crippen molar-refractivity contribution in [2.24, 2.45) is 0 Å². The lowest BCUT2D eigenvalue weighted by molar-refractivity contribution is 0.0767. The van der Waals surface area contributed by atoms with Gasteiger partial charge in [-0.05, 0) is 68.3 Å². The summed E-state index contributed by atoms with van der Waals surface area (Å²) in [6.45, 7) is 8.94. The van der Waals surface area contributed by atoms with Crippen molar-refractivity contribution in [1.82, 2.24) is 24.6 Å². The summed E-state index contributed by atoms with van der Waals surface area (Å²) in [5.41, 5.74) is 2.94. The summed E-state index contributed by atoms with van der Waals surface area (Å²) in [5, 5.41) is 5.69. The largest absolute Gasteiger partial charge is 0.497 e. The molecular formula is C30H35FN6O2. The fourth-order valence-corrected chi connectivity index (χ4v) is 5.20. The van der Waals surface area contributed by atoms with E-state index in [0.717, 1.165) is 65.6 Å². The molecule has 1 atom stereocenters. The first-order valence-electron chi connectivity index (χ1n) is 13.6. The Bertz CT molecular complexity index is 1450. The molecule has 0 aliphatic carbocycles. The lowest BCUT2D eigenvalue weighted by Crippen LogP contribution is -2.35. The number of ether oxygens (including phenoxy) is 1. The predicted molar refractivity (Wildman–Crippen MR) is 150 cm³/mol. The van der Waals surface area contributed by atoms with Gasteiger partial charge in [-0.1, -0.05) is 20.3 Å². The maximum atomic E-state index is 13.7. The summed E-state index contributed by atoms with van der Waals surface area (Å²) in [6.07, 6.45) is 2.82. The molecule has 1 aliphatic heterocycles. The predicted octanol–water partition coefficient (Wildman–Crippen LogP) is 5.53. The number of aromatic nitrogens is 4. The summed E-state index contributed by atoms with van der Waals surface area (Å²) in [5.74, 6) is 2.25. The second-order valence-corrected chi connectivity index (χ2v) is 10.1. The molecule has 0 bridgehead atoms. The van der Waals surface area contributed by atoms with Gasteiger partial charge in [0.25, 0.3) is 5.91 Å². The van der Waals surface area contributed by atoms with Crippen molar-refractivity contribution in [1.29, 1.82) is 0 Å².